The van der Waals surface area contributed by atoms with Crippen molar-refractivity contribution in [1.82, 2.24) is 14.5 Å². The van der Waals surface area contributed by atoms with Crippen LogP contribution in [0, 0.1) is 0 Å². The number of nitrogens with zero attached hydrogens (tertiary/aromatic N) is 3. The molecule has 0 spiro atoms. The summed E-state index contributed by atoms with van der Waals surface area (Å²) in [5.41, 5.74) is 15.0. The normalized spacial score (nSPS) is 10.9. The average Bonchev–Trinajstić information content (AvgIpc) is 2.87. The molecular weight excluding hydrogens is 304 g/mol. The lowest BCUT2D eigenvalue weighted by Gasteiger charge is -2.07. The monoisotopic (exact) mass is 324 g/mol. The highest BCUT2D eigenvalue weighted by Gasteiger charge is 2.18. The van der Waals surface area contributed by atoms with Gasteiger partial charge in [-0.2, -0.15) is 4.98 Å². The smallest absolute Gasteiger partial charge is 0.323 e. The molecule has 2 aromatic heterocycles. The molecule has 7 heteroatoms. The number of carbonyl (C=O) groups excluding carboxylic acids is 1. The summed E-state index contributed by atoms with van der Waals surface area (Å²) >= 11 is 0. The van der Waals surface area contributed by atoms with Gasteiger partial charge in [-0.3, -0.25) is 4.57 Å². The fraction of sp³-hybridized carbons (Fsp3) is 0.235. The predicted octanol–water partition coefficient (Wildman–Crippen LogP) is 2.81. The van der Waals surface area contributed by atoms with E-state index in [-0.39, 0.29) is 5.95 Å². The number of hydrogen-bond donors (Lipinski definition) is 3. The summed E-state index contributed by atoms with van der Waals surface area (Å²) in [6.45, 7) is 4.10. The molecular formula is C17H20N6O. The van der Waals surface area contributed by atoms with Crippen LogP contribution in [-0.4, -0.2) is 20.6 Å². The SMILES string of the molecule is CCc1c(CC)n(C(N)=O)c2ccc(Nc3ccnc(N)n3)cc12. The number of fused-ring (bicyclic) bond motifs is 1. The maximum Gasteiger partial charge on any atom is 0.323 e. The minimum absolute atomic E-state index is 0.212. The van der Waals surface area contributed by atoms with Gasteiger partial charge in [0.2, 0.25) is 5.95 Å². The van der Waals surface area contributed by atoms with Gasteiger partial charge in [-0.05, 0) is 42.7 Å². The Balaban J connectivity index is 2.12. The number of anilines is 3. The lowest BCUT2D eigenvalue weighted by Crippen LogP contribution is -2.21. The first-order chi connectivity index (χ1) is 11.5. The van der Waals surface area contributed by atoms with E-state index in [2.05, 4.69) is 22.2 Å². The van der Waals surface area contributed by atoms with E-state index in [0.29, 0.717) is 5.82 Å². The number of benzene rings is 1. The van der Waals surface area contributed by atoms with Gasteiger partial charge in [-0.25, -0.2) is 9.78 Å². The first-order valence-corrected chi connectivity index (χ1v) is 7.86. The Morgan fingerprint density at radius 3 is 2.67 bits per heavy atom. The fourth-order valence-electron chi connectivity index (χ4n) is 3.10. The van der Waals surface area contributed by atoms with Gasteiger partial charge >= 0.3 is 6.03 Å². The topological polar surface area (TPSA) is 112 Å². The Morgan fingerprint density at radius 1 is 1.25 bits per heavy atom. The van der Waals surface area contributed by atoms with E-state index in [1.165, 1.54) is 0 Å². The molecule has 3 rings (SSSR count). The van der Waals surface area contributed by atoms with Gasteiger partial charge in [0.1, 0.15) is 5.82 Å². The number of nitrogens with one attached hydrogen (secondary N) is 1. The molecule has 0 radical (unpaired) electrons. The van der Waals surface area contributed by atoms with E-state index in [1.807, 2.05) is 25.1 Å². The van der Waals surface area contributed by atoms with E-state index in [9.17, 15) is 4.79 Å². The molecule has 1 aromatic carbocycles. The molecule has 3 aromatic rings. The lowest BCUT2D eigenvalue weighted by molar-refractivity contribution is 0.250. The minimum Gasteiger partial charge on any atom is -0.368 e. The number of hydrogen-bond acceptors (Lipinski definition) is 5. The van der Waals surface area contributed by atoms with Crippen LogP contribution in [0.1, 0.15) is 25.1 Å². The van der Waals surface area contributed by atoms with Crippen molar-refractivity contribution in [2.45, 2.75) is 26.7 Å². The molecule has 0 saturated heterocycles. The summed E-state index contributed by atoms with van der Waals surface area (Å²) in [4.78, 5) is 19.9. The van der Waals surface area contributed by atoms with Crippen molar-refractivity contribution in [2.24, 2.45) is 5.73 Å². The molecule has 0 atom stereocenters. The molecule has 0 bridgehead atoms. The van der Waals surface area contributed by atoms with Crippen LogP contribution in [-0.2, 0) is 12.8 Å². The van der Waals surface area contributed by atoms with Gasteiger partial charge in [0, 0.05) is 23.0 Å². The summed E-state index contributed by atoms with van der Waals surface area (Å²) in [6.07, 6.45) is 3.16. The van der Waals surface area contributed by atoms with Gasteiger partial charge in [0.05, 0.1) is 5.52 Å². The second kappa shape index (κ2) is 6.19. The summed E-state index contributed by atoms with van der Waals surface area (Å²) in [5.74, 6) is 0.827. The van der Waals surface area contributed by atoms with Crippen molar-refractivity contribution in [3.05, 3.63) is 41.7 Å². The Labute approximate surface area is 139 Å². The summed E-state index contributed by atoms with van der Waals surface area (Å²) in [7, 11) is 0. The molecule has 2 heterocycles. The van der Waals surface area contributed by atoms with Crippen molar-refractivity contribution in [2.75, 3.05) is 11.1 Å². The van der Waals surface area contributed by atoms with Gasteiger partial charge in [0.15, 0.2) is 0 Å². The molecule has 0 aliphatic heterocycles. The number of aromatic nitrogens is 3. The molecule has 124 valence electrons. The van der Waals surface area contributed by atoms with Crippen molar-refractivity contribution in [3.63, 3.8) is 0 Å². The van der Waals surface area contributed by atoms with Crippen LogP contribution < -0.4 is 16.8 Å². The zero-order chi connectivity index (χ0) is 17.3. The van der Waals surface area contributed by atoms with E-state index >= 15 is 0 Å². The number of primary amides is 1. The van der Waals surface area contributed by atoms with Crippen LogP contribution in [0.2, 0.25) is 0 Å². The largest absolute Gasteiger partial charge is 0.368 e. The van der Waals surface area contributed by atoms with Crippen molar-refractivity contribution < 1.29 is 4.79 Å². The third kappa shape index (κ3) is 2.64. The Morgan fingerprint density at radius 2 is 2.04 bits per heavy atom. The zero-order valence-corrected chi connectivity index (χ0v) is 13.7. The van der Waals surface area contributed by atoms with Crippen LogP contribution in [0.25, 0.3) is 10.9 Å². The minimum atomic E-state index is -0.458. The van der Waals surface area contributed by atoms with Gasteiger partial charge < -0.3 is 16.8 Å². The predicted molar refractivity (Wildman–Crippen MR) is 95.4 cm³/mol. The highest BCUT2D eigenvalue weighted by molar-refractivity contribution is 5.96. The van der Waals surface area contributed by atoms with Crippen molar-refractivity contribution in [1.29, 1.82) is 0 Å². The second-order valence-electron chi connectivity index (χ2n) is 5.46. The number of carbonyl (C=O) groups is 1. The molecule has 0 saturated carbocycles. The third-order valence-corrected chi connectivity index (χ3v) is 4.04. The number of rotatable bonds is 4. The van der Waals surface area contributed by atoms with Gasteiger partial charge in [0.25, 0.3) is 0 Å². The molecule has 24 heavy (non-hydrogen) atoms. The molecule has 5 N–H and O–H groups in total. The first-order valence-electron chi connectivity index (χ1n) is 7.86. The van der Waals surface area contributed by atoms with Crippen molar-refractivity contribution >= 4 is 34.4 Å². The maximum absolute atomic E-state index is 11.9. The summed E-state index contributed by atoms with van der Waals surface area (Å²) in [6, 6.07) is 7.07. The highest BCUT2D eigenvalue weighted by Crippen LogP contribution is 2.30. The molecule has 7 nitrogen and oxygen atoms in total. The quantitative estimate of drug-likeness (QED) is 0.683. The van der Waals surface area contributed by atoms with Crippen LogP contribution in [0.4, 0.5) is 22.2 Å². The van der Waals surface area contributed by atoms with Crippen LogP contribution >= 0.6 is 0 Å². The molecule has 0 fully saturated rings. The fourth-order valence-corrected chi connectivity index (χ4v) is 3.10. The van der Waals surface area contributed by atoms with Crippen LogP contribution in [0.5, 0.6) is 0 Å². The lowest BCUT2D eigenvalue weighted by atomic mass is 10.1. The number of amides is 1. The van der Waals surface area contributed by atoms with Crippen LogP contribution in [0.3, 0.4) is 0 Å². The van der Waals surface area contributed by atoms with Crippen LogP contribution in [0.15, 0.2) is 30.5 Å². The number of nitrogen functional groups attached to an aromatic ring is 1. The number of nitrogens with two attached hydrogens (primary N) is 2. The standard InChI is InChI=1S/C17H20N6O/c1-3-11-12-9-10(21-15-7-8-20-16(18)22-15)5-6-14(12)23(17(19)24)13(11)4-2/h5-9H,3-4H2,1-2H3,(H2,19,24)(H3,18,20,21,22). The van der Waals surface area contributed by atoms with Gasteiger partial charge in [-0.1, -0.05) is 13.8 Å². The first kappa shape index (κ1) is 15.8. The molecule has 0 unspecified atom stereocenters. The van der Waals surface area contributed by atoms with E-state index in [0.717, 1.165) is 40.7 Å². The zero-order valence-electron chi connectivity index (χ0n) is 13.7. The van der Waals surface area contributed by atoms with E-state index < -0.39 is 6.03 Å². The third-order valence-electron chi connectivity index (χ3n) is 4.04. The maximum atomic E-state index is 11.9. The van der Waals surface area contributed by atoms with Gasteiger partial charge in [-0.15, -0.1) is 0 Å². The summed E-state index contributed by atoms with van der Waals surface area (Å²) < 4.78 is 1.60. The van der Waals surface area contributed by atoms with E-state index in [4.69, 9.17) is 11.5 Å². The molecule has 0 aliphatic rings. The van der Waals surface area contributed by atoms with E-state index in [1.54, 1.807) is 16.8 Å². The second-order valence-corrected chi connectivity index (χ2v) is 5.46. The average molecular weight is 324 g/mol. The van der Waals surface area contributed by atoms with Crippen molar-refractivity contribution in [3.8, 4) is 0 Å². The Kier molecular flexibility index (Phi) is 4.07. The summed E-state index contributed by atoms with van der Waals surface area (Å²) in [5, 5.41) is 4.22. The molecule has 0 aliphatic carbocycles. The Hall–Kier alpha value is -3.09. The molecule has 1 amide bonds. The Bertz CT molecular complexity index is 915. The highest BCUT2D eigenvalue weighted by atomic mass is 16.2. The number of aryl methyl sites for hydroxylation is 1.